The van der Waals surface area contributed by atoms with Gasteiger partial charge in [0.2, 0.25) is 0 Å². The average Bonchev–Trinajstić information content (AvgIpc) is 2.38. The van der Waals surface area contributed by atoms with Crippen LogP contribution in [-0.4, -0.2) is 23.6 Å². The van der Waals surface area contributed by atoms with E-state index in [1.165, 1.54) is 5.56 Å². The number of aryl methyl sites for hydroxylation is 1. The Morgan fingerprint density at radius 2 is 2.11 bits per heavy atom. The number of benzene rings is 1. The Hall–Kier alpha value is -1.62. The van der Waals surface area contributed by atoms with Gasteiger partial charge >= 0.3 is 0 Å². The first-order valence-corrected chi connectivity index (χ1v) is 6.84. The molecule has 0 saturated carbocycles. The highest BCUT2D eigenvalue weighted by Crippen LogP contribution is 2.14. The van der Waals surface area contributed by atoms with Crippen molar-refractivity contribution in [3.8, 4) is 5.75 Å². The molecule has 0 aliphatic carbocycles. The van der Waals surface area contributed by atoms with E-state index in [1.807, 2.05) is 31.2 Å². The molecule has 4 nitrogen and oxygen atoms in total. The third-order valence-electron chi connectivity index (χ3n) is 2.66. The molecule has 1 aromatic carbocycles. The highest BCUT2D eigenvalue weighted by Gasteiger charge is 2.00. The summed E-state index contributed by atoms with van der Waals surface area (Å²) in [5.74, 6) is 2.47. The van der Waals surface area contributed by atoms with Crippen LogP contribution < -0.4 is 10.1 Å². The van der Waals surface area contributed by atoms with Gasteiger partial charge in [0.15, 0.2) is 0 Å². The minimum absolute atomic E-state index is 0.748. The Balaban J connectivity index is 1.92. The van der Waals surface area contributed by atoms with Crippen molar-refractivity contribution in [3.05, 3.63) is 46.3 Å². The molecule has 2 aromatic rings. The van der Waals surface area contributed by atoms with E-state index in [4.69, 9.17) is 4.74 Å². The van der Waals surface area contributed by atoms with Gasteiger partial charge in [-0.2, -0.15) is 0 Å². The molecule has 1 aromatic heterocycles. The quantitative estimate of drug-likeness (QED) is 0.859. The largest absolute Gasteiger partial charge is 0.497 e. The summed E-state index contributed by atoms with van der Waals surface area (Å²) in [6.07, 6.45) is 0.915. The van der Waals surface area contributed by atoms with E-state index in [0.717, 1.165) is 35.0 Å². The summed E-state index contributed by atoms with van der Waals surface area (Å²) in [5.41, 5.74) is 1.23. The van der Waals surface area contributed by atoms with Crippen LogP contribution in [0.15, 0.2) is 34.9 Å². The van der Waals surface area contributed by atoms with Crippen molar-refractivity contribution in [2.24, 2.45) is 0 Å². The van der Waals surface area contributed by atoms with Crippen molar-refractivity contribution in [2.75, 3.05) is 19.0 Å². The maximum absolute atomic E-state index is 5.20. The molecule has 0 radical (unpaired) electrons. The summed E-state index contributed by atoms with van der Waals surface area (Å²) in [6, 6.07) is 9.95. The molecule has 0 saturated heterocycles. The van der Waals surface area contributed by atoms with Crippen LogP contribution in [0, 0.1) is 6.92 Å². The minimum atomic E-state index is 0.748. The molecule has 5 heteroatoms. The summed E-state index contributed by atoms with van der Waals surface area (Å²) in [5, 5.41) is 3.29. The summed E-state index contributed by atoms with van der Waals surface area (Å²) in [6.45, 7) is 2.69. The predicted octanol–water partition coefficient (Wildman–Crippen LogP) is 3.21. The number of ether oxygens (including phenoxy) is 1. The van der Waals surface area contributed by atoms with E-state index in [-0.39, 0.29) is 0 Å². The zero-order valence-electron chi connectivity index (χ0n) is 11.0. The van der Waals surface area contributed by atoms with E-state index in [2.05, 4.69) is 37.3 Å². The van der Waals surface area contributed by atoms with Gasteiger partial charge in [-0.3, -0.25) is 0 Å². The number of methoxy groups -OCH3 is 1. The van der Waals surface area contributed by atoms with Gasteiger partial charge in [0.05, 0.1) is 7.11 Å². The Morgan fingerprint density at radius 3 is 2.84 bits per heavy atom. The summed E-state index contributed by atoms with van der Waals surface area (Å²) in [4.78, 5) is 8.49. The molecule has 1 heterocycles. The van der Waals surface area contributed by atoms with Gasteiger partial charge in [0.1, 0.15) is 22.0 Å². The van der Waals surface area contributed by atoms with Crippen LogP contribution in [0.25, 0.3) is 0 Å². The van der Waals surface area contributed by atoms with Gasteiger partial charge in [0, 0.05) is 12.6 Å². The molecule has 0 aliphatic rings. The molecule has 0 unspecified atom stereocenters. The van der Waals surface area contributed by atoms with Crippen LogP contribution in [0.1, 0.15) is 11.4 Å². The molecule has 100 valence electrons. The average molecular weight is 322 g/mol. The first-order chi connectivity index (χ1) is 9.17. The Morgan fingerprint density at radius 1 is 1.26 bits per heavy atom. The van der Waals surface area contributed by atoms with Gasteiger partial charge < -0.3 is 10.1 Å². The number of hydrogen-bond acceptors (Lipinski definition) is 4. The molecule has 0 amide bonds. The molecule has 19 heavy (non-hydrogen) atoms. The second-order valence-corrected chi connectivity index (χ2v) is 4.96. The first kappa shape index (κ1) is 13.8. The highest BCUT2D eigenvalue weighted by atomic mass is 79.9. The Kier molecular flexibility index (Phi) is 4.74. The number of aromatic nitrogens is 2. The van der Waals surface area contributed by atoms with Crippen molar-refractivity contribution in [2.45, 2.75) is 13.3 Å². The number of nitrogens with zero attached hydrogens (tertiary/aromatic N) is 2. The fraction of sp³-hybridized carbons (Fsp3) is 0.286. The second kappa shape index (κ2) is 6.52. The van der Waals surface area contributed by atoms with Gasteiger partial charge in [-0.1, -0.05) is 12.1 Å². The molecule has 0 fully saturated rings. The van der Waals surface area contributed by atoms with E-state index in [1.54, 1.807) is 7.11 Å². The fourth-order valence-corrected chi connectivity index (χ4v) is 2.26. The number of rotatable bonds is 5. The molecular weight excluding hydrogens is 306 g/mol. The monoisotopic (exact) mass is 321 g/mol. The standard InChI is InChI=1S/C14H16BrN3O/c1-10-17-13(15)9-14(18-10)16-7-6-11-4-3-5-12(8-11)19-2/h3-5,8-9H,6-7H2,1-2H3,(H,16,17,18). The molecule has 0 aliphatic heterocycles. The van der Waals surface area contributed by atoms with E-state index >= 15 is 0 Å². The maximum Gasteiger partial charge on any atom is 0.130 e. The van der Waals surface area contributed by atoms with Gasteiger partial charge in [-0.15, -0.1) is 0 Å². The molecule has 0 bridgehead atoms. The molecule has 1 N–H and O–H groups in total. The zero-order chi connectivity index (χ0) is 13.7. The Labute approximate surface area is 121 Å². The lowest BCUT2D eigenvalue weighted by molar-refractivity contribution is 0.414. The first-order valence-electron chi connectivity index (χ1n) is 6.05. The zero-order valence-corrected chi connectivity index (χ0v) is 12.6. The summed E-state index contributed by atoms with van der Waals surface area (Å²) >= 11 is 3.36. The molecular formula is C14H16BrN3O. The normalized spacial score (nSPS) is 10.3. The van der Waals surface area contributed by atoms with Crippen LogP contribution >= 0.6 is 15.9 Å². The van der Waals surface area contributed by atoms with Crippen molar-refractivity contribution in [3.63, 3.8) is 0 Å². The Bertz CT molecular complexity index is 540. The number of anilines is 1. The van der Waals surface area contributed by atoms with Crippen LogP contribution in [0.5, 0.6) is 5.75 Å². The smallest absolute Gasteiger partial charge is 0.130 e. The van der Waals surface area contributed by atoms with E-state index in [9.17, 15) is 0 Å². The topological polar surface area (TPSA) is 47.0 Å². The molecule has 2 rings (SSSR count). The van der Waals surface area contributed by atoms with Crippen molar-refractivity contribution in [1.29, 1.82) is 0 Å². The van der Waals surface area contributed by atoms with Crippen LogP contribution in [-0.2, 0) is 6.42 Å². The van der Waals surface area contributed by atoms with Crippen molar-refractivity contribution in [1.82, 2.24) is 9.97 Å². The predicted molar refractivity (Wildman–Crippen MR) is 79.7 cm³/mol. The summed E-state index contributed by atoms with van der Waals surface area (Å²) < 4.78 is 6.00. The minimum Gasteiger partial charge on any atom is -0.497 e. The summed E-state index contributed by atoms with van der Waals surface area (Å²) in [7, 11) is 1.68. The number of halogens is 1. The van der Waals surface area contributed by atoms with Crippen molar-refractivity contribution < 1.29 is 4.74 Å². The van der Waals surface area contributed by atoms with Crippen LogP contribution in [0.2, 0.25) is 0 Å². The lowest BCUT2D eigenvalue weighted by Crippen LogP contribution is -2.07. The molecule has 0 spiro atoms. The third kappa shape index (κ3) is 4.21. The lowest BCUT2D eigenvalue weighted by Gasteiger charge is -2.07. The van der Waals surface area contributed by atoms with Crippen LogP contribution in [0.3, 0.4) is 0 Å². The van der Waals surface area contributed by atoms with E-state index < -0.39 is 0 Å². The second-order valence-electron chi connectivity index (χ2n) is 4.15. The highest BCUT2D eigenvalue weighted by molar-refractivity contribution is 9.10. The van der Waals surface area contributed by atoms with Gasteiger partial charge in [0.25, 0.3) is 0 Å². The molecule has 0 atom stereocenters. The van der Waals surface area contributed by atoms with Gasteiger partial charge in [-0.25, -0.2) is 9.97 Å². The maximum atomic E-state index is 5.20. The van der Waals surface area contributed by atoms with Gasteiger partial charge in [-0.05, 0) is 47.0 Å². The van der Waals surface area contributed by atoms with E-state index in [0.29, 0.717) is 0 Å². The lowest BCUT2D eigenvalue weighted by atomic mass is 10.1. The fourth-order valence-electron chi connectivity index (χ4n) is 1.78. The third-order valence-corrected chi connectivity index (χ3v) is 3.07. The SMILES string of the molecule is COc1cccc(CCNc2cc(Br)nc(C)n2)c1. The van der Waals surface area contributed by atoms with Crippen molar-refractivity contribution >= 4 is 21.7 Å². The van der Waals surface area contributed by atoms with Crippen LogP contribution in [0.4, 0.5) is 5.82 Å². The number of nitrogens with one attached hydrogen (secondary N) is 1. The number of hydrogen-bond donors (Lipinski definition) is 1.